The van der Waals surface area contributed by atoms with Gasteiger partial charge in [0.25, 0.3) is 0 Å². The Morgan fingerprint density at radius 3 is 2.31 bits per heavy atom. The smallest absolute Gasteiger partial charge is 0.335 e. The normalized spacial score (nSPS) is 14.5. The quantitative estimate of drug-likeness (QED) is 0.556. The van der Waals surface area contributed by atoms with Crippen LogP contribution in [-0.4, -0.2) is 27.4 Å². The number of carboxylic acid groups (broad SMARTS) is 1. The van der Waals surface area contributed by atoms with Gasteiger partial charge in [0.05, 0.1) is 0 Å². The molecule has 5 nitrogen and oxygen atoms in total. The fourth-order valence-electron chi connectivity index (χ4n) is 1.48. The number of aliphatic hydroxyl groups excluding tert-OH is 2. The van der Waals surface area contributed by atoms with Crippen LogP contribution < -0.4 is 5.73 Å². The van der Waals surface area contributed by atoms with Crippen molar-refractivity contribution in [1.29, 1.82) is 0 Å². The van der Waals surface area contributed by atoms with E-state index in [0.29, 0.717) is 16.8 Å². The van der Waals surface area contributed by atoms with Gasteiger partial charge in [0.1, 0.15) is 6.10 Å². The van der Waals surface area contributed by atoms with Gasteiger partial charge in [-0.3, -0.25) is 0 Å². The maximum atomic E-state index is 10.5. The first-order valence-electron chi connectivity index (χ1n) is 4.80. The first-order valence-corrected chi connectivity index (χ1v) is 4.80. The van der Waals surface area contributed by atoms with Crippen molar-refractivity contribution in [3.05, 3.63) is 28.8 Å². The summed E-state index contributed by atoms with van der Waals surface area (Å²) in [5.74, 6) is -1.46. The van der Waals surface area contributed by atoms with Gasteiger partial charge in [-0.1, -0.05) is 6.07 Å². The Hall–Kier alpha value is -1.59. The summed E-state index contributed by atoms with van der Waals surface area (Å²) in [6, 6.07) is 3.23. The van der Waals surface area contributed by atoms with E-state index < -0.39 is 18.2 Å². The molecule has 0 aromatic heterocycles. The number of carbonyl (C=O) groups is 1. The lowest BCUT2D eigenvalue weighted by Gasteiger charge is -2.18. The van der Waals surface area contributed by atoms with Crippen molar-refractivity contribution in [2.24, 2.45) is 0 Å². The lowest BCUT2D eigenvalue weighted by atomic mass is 9.96. The Labute approximate surface area is 93.1 Å². The molecule has 0 heterocycles. The summed E-state index contributed by atoms with van der Waals surface area (Å²) in [5, 5.41) is 27.5. The molecule has 1 rings (SSSR count). The third-order valence-electron chi connectivity index (χ3n) is 2.53. The molecule has 0 saturated heterocycles. The molecule has 1 aromatic carbocycles. The Balaban J connectivity index is 3.13. The zero-order valence-electron chi connectivity index (χ0n) is 9.14. The monoisotopic (exact) mass is 225 g/mol. The van der Waals surface area contributed by atoms with Crippen molar-refractivity contribution in [2.75, 3.05) is 5.73 Å². The number of hydrogen-bond acceptors (Lipinski definition) is 4. The minimum Gasteiger partial charge on any atom is -0.479 e. The molecular weight excluding hydrogens is 210 g/mol. The molecule has 0 aliphatic carbocycles. The third-order valence-corrected chi connectivity index (χ3v) is 2.53. The summed E-state index contributed by atoms with van der Waals surface area (Å²) in [4.78, 5) is 10.5. The van der Waals surface area contributed by atoms with Crippen molar-refractivity contribution in [3.8, 4) is 0 Å². The molecule has 0 radical (unpaired) electrons. The van der Waals surface area contributed by atoms with Crippen LogP contribution >= 0.6 is 0 Å². The van der Waals surface area contributed by atoms with Crippen LogP contribution in [0.1, 0.15) is 22.8 Å². The zero-order chi connectivity index (χ0) is 12.5. The Bertz CT molecular complexity index is 417. The molecule has 1 aromatic rings. The van der Waals surface area contributed by atoms with Crippen LogP contribution in [0.3, 0.4) is 0 Å². The van der Waals surface area contributed by atoms with Crippen LogP contribution in [0.15, 0.2) is 12.1 Å². The van der Waals surface area contributed by atoms with Gasteiger partial charge < -0.3 is 21.1 Å². The highest BCUT2D eigenvalue weighted by Gasteiger charge is 2.26. The van der Waals surface area contributed by atoms with Crippen molar-refractivity contribution in [2.45, 2.75) is 26.1 Å². The van der Waals surface area contributed by atoms with E-state index in [1.165, 1.54) is 0 Å². The molecule has 16 heavy (non-hydrogen) atoms. The molecule has 0 fully saturated rings. The molecule has 0 saturated carbocycles. The third kappa shape index (κ3) is 2.32. The average molecular weight is 225 g/mol. The van der Waals surface area contributed by atoms with Crippen molar-refractivity contribution < 1.29 is 20.1 Å². The summed E-state index contributed by atoms with van der Waals surface area (Å²) < 4.78 is 0. The molecular formula is C11H15NO4. The lowest BCUT2D eigenvalue weighted by molar-refractivity contribution is -0.153. The maximum absolute atomic E-state index is 10.5. The van der Waals surface area contributed by atoms with Crippen LogP contribution in [0.4, 0.5) is 5.69 Å². The molecule has 5 N–H and O–H groups in total. The number of hydrogen-bond donors (Lipinski definition) is 4. The number of carboxylic acids is 1. The maximum Gasteiger partial charge on any atom is 0.335 e. The van der Waals surface area contributed by atoms with E-state index in [2.05, 4.69) is 0 Å². The van der Waals surface area contributed by atoms with Crippen LogP contribution in [0, 0.1) is 13.8 Å². The lowest BCUT2D eigenvalue weighted by Crippen LogP contribution is -2.28. The topological polar surface area (TPSA) is 104 Å². The van der Waals surface area contributed by atoms with Crippen molar-refractivity contribution in [1.82, 2.24) is 0 Å². The number of aryl methyl sites for hydroxylation is 2. The van der Waals surface area contributed by atoms with E-state index in [-0.39, 0.29) is 0 Å². The minimum atomic E-state index is -1.83. The van der Waals surface area contributed by atoms with E-state index in [1.54, 1.807) is 26.0 Å². The van der Waals surface area contributed by atoms with Gasteiger partial charge in [-0.2, -0.15) is 0 Å². The molecule has 0 spiro atoms. The van der Waals surface area contributed by atoms with Gasteiger partial charge in [-0.05, 0) is 36.6 Å². The first kappa shape index (κ1) is 12.5. The van der Waals surface area contributed by atoms with Crippen LogP contribution in [0.25, 0.3) is 0 Å². The highest BCUT2D eigenvalue weighted by molar-refractivity contribution is 5.73. The fourth-order valence-corrected chi connectivity index (χ4v) is 1.48. The molecule has 0 aliphatic heterocycles. The summed E-state index contributed by atoms with van der Waals surface area (Å²) >= 11 is 0. The van der Waals surface area contributed by atoms with Gasteiger partial charge >= 0.3 is 5.97 Å². The second-order valence-electron chi connectivity index (χ2n) is 3.79. The molecule has 5 heteroatoms. The predicted octanol–water partition coefficient (Wildman–Crippen LogP) is 0.365. The zero-order valence-corrected chi connectivity index (χ0v) is 9.14. The second-order valence-corrected chi connectivity index (χ2v) is 3.79. The van der Waals surface area contributed by atoms with Crippen molar-refractivity contribution >= 4 is 11.7 Å². The fraction of sp³-hybridized carbons (Fsp3) is 0.364. The largest absolute Gasteiger partial charge is 0.479 e. The average Bonchev–Trinajstić information content (AvgIpc) is 2.21. The van der Waals surface area contributed by atoms with Gasteiger partial charge in [0.2, 0.25) is 0 Å². The van der Waals surface area contributed by atoms with Gasteiger partial charge in [-0.15, -0.1) is 0 Å². The first-order chi connectivity index (χ1) is 7.34. The number of benzene rings is 1. The number of aliphatic hydroxyl groups is 2. The molecule has 2 atom stereocenters. The number of nitrogens with two attached hydrogens (primary N) is 1. The molecule has 88 valence electrons. The van der Waals surface area contributed by atoms with Gasteiger partial charge in [-0.25, -0.2) is 4.79 Å². The number of rotatable bonds is 3. The van der Waals surface area contributed by atoms with E-state index in [0.717, 1.165) is 5.56 Å². The van der Waals surface area contributed by atoms with Crippen LogP contribution in [0.2, 0.25) is 0 Å². The van der Waals surface area contributed by atoms with E-state index >= 15 is 0 Å². The standard InChI is InChI=1S/C11H15NO4/c1-5-4-8(12)6(2)3-7(5)9(13)10(14)11(15)16/h3-4,9-10,13-14H,12H2,1-2H3,(H,15,16). The molecule has 0 amide bonds. The Morgan fingerprint density at radius 1 is 1.25 bits per heavy atom. The Kier molecular flexibility index (Phi) is 3.51. The SMILES string of the molecule is Cc1cc(C(O)C(O)C(=O)O)c(C)cc1N. The summed E-state index contributed by atoms with van der Waals surface area (Å²) in [5.41, 5.74) is 7.99. The molecule has 0 aliphatic rings. The highest BCUT2D eigenvalue weighted by Crippen LogP contribution is 2.25. The van der Waals surface area contributed by atoms with Gasteiger partial charge in [0, 0.05) is 5.69 Å². The summed E-state index contributed by atoms with van der Waals surface area (Å²) in [6.07, 6.45) is -3.28. The van der Waals surface area contributed by atoms with E-state index in [1.807, 2.05) is 0 Å². The predicted molar refractivity (Wildman–Crippen MR) is 58.9 cm³/mol. The highest BCUT2D eigenvalue weighted by atomic mass is 16.4. The summed E-state index contributed by atoms with van der Waals surface area (Å²) in [6.45, 7) is 3.45. The number of anilines is 1. The van der Waals surface area contributed by atoms with E-state index in [4.69, 9.17) is 10.8 Å². The summed E-state index contributed by atoms with van der Waals surface area (Å²) in [7, 11) is 0. The van der Waals surface area contributed by atoms with Crippen molar-refractivity contribution in [3.63, 3.8) is 0 Å². The molecule has 0 bridgehead atoms. The molecule has 2 unspecified atom stereocenters. The minimum absolute atomic E-state index is 0.376. The van der Waals surface area contributed by atoms with Crippen LogP contribution in [-0.2, 0) is 4.79 Å². The van der Waals surface area contributed by atoms with Gasteiger partial charge in [0.15, 0.2) is 6.10 Å². The van der Waals surface area contributed by atoms with E-state index in [9.17, 15) is 15.0 Å². The second kappa shape index (κ2) is 4.51. The Morgan fingerprint density at radius 2 is 1.81 bits per heavy atom. The number of nitrogen functional groups attached to an aromatic ring is 1. The van der Waals surface area contributed by atoms with Crippen LogP contribution in [0.5, 0.6) is 0 Å². The number of aliphatic carboxylic acids is 1.